The summed E-state index contributed by atoms with van der Waals surface area (Å²) < 4.78 is 0. The highest BCUT2D eigenvalue weighted by Crippen LogP contribution is 2.33. The predicted octanol–water partition coefficient (Wildman–Crippen LogP) is 2.36. The van der Waals surface area contributed by atoms with Crippen LogP contribution in [0, 0.1) is 0 Å². The van der Waals surface area contributed by atoms with Crippen molar-refractivity contribution >= 4 is 28.2 Å². The molecule has 0 saturated heterocycles. The summed E-state index contributed by atoms with van der Waals surface area (Å²) in [4.78, 5) is 17.0. The van der Waals surface area contributed by atoms with Gasteiger partial charge in [0.2, 0.25) is 0 Å². The topological polar surface area (TPSA) is 80.0 Å². The average Bonchev–Trinajstić information content (AvgIpc) is 2.63. The van der Waals surface area contributed by atoms with Gasteiger partial charge in [-0.2, -0.15) is 0 Å². The zero-order chi connectivity index (χ0) is 13.5. The molecule has 2 aliphatic rings. The molecule has 0 aromatic carbocycles. The Morgan fingerprint density at radius 3 is 2.68 bits per heavy atom. The lowest BCUT2D eigenvalue weighted by molar-refractivity contribution is 0.0855. The number of carbonyl (C=O) groups excluding carboxylic acids is 1. The van der Waals surface area contributed by atoms with Gasteiger partial charge in [-0.1, -0.05) is 11.3 Å². The number of nitrogens with two attached hydrogens (primary N) is 1. The fraction of sp³-hybridized carbons (Fsp3) is 0.692. The number of rotatable bonds is 4. The molecule has 0 radical (unpaired) electrons. The minimum absolute atomic E-state index is 0.0465. The maximum atomic E-state index is 12.2. The van der Waals surface area contributed by atoms with E-state index in [1.54, 1.807) is 0 Å². The number of thiazole rings is 1. The molecule has 2 saturated carbocycles. The van der Waals surface area contributed by atoms with Crippen molar-refractivity contribution in [1.29, 1.82) is 0 Å². The lowest BCUT2D eigenvalue weighted by atomic mass is 9.78. The molecular weight excluding hydrogens is 260 g/mol. The molecule has 6 heteroatoms. The lowest BCUT2D eigenvalue weighted by Gasteiger charge is -2.38. The van der Waals surface area contributed by atoms with Gasteiger partial charge in [-0.15, -0.1) is 0 Å². The second kappa shape index (κ2) is 4.67. The van der Waals surface area contributed by atoms with Gasteiger partial charge < -0.3 is 16.4 Å². The molecule has 2 fully saturated rings. The zero-order valence-corrected chi connectivity index (χ0v) is 12.0. The van der Waals surface area contributed by atoms with Gasteiger partial charge in [-0.05, 0) is 45.4 Å². The monoisotopic (exact) mass is 280 g/mol. The van der Waals surface area contributed by atoms with Crippen LogP contribution in [0.3, 0.4) is 0 Å². The normalized spacial score (nSPS) is 21.3. The van der Waals surface area contributed by atoms with Gasteiger partial charge in [0, 0.05) is 11.6 Å². The van der Waals surface area contributed by atoms with E-state index in [1.165, 1.54) is 37.0 Å². The van der Waals surface area contributed by atoms with Crippen LogP contribution in [0.4, 0.5) is 10.9 Å². The number of nitrogens with one attached hydrogen (secondary N) is 2. The van der Waals surface area contributed by atoms with E-state index in [-0.39, 0.29) is 11.4 Å². The van der Waals surface area contributed by atoms with Gasteiger partial charge in [0.15, 0.2) is 5.13 Å². The molecule has 0 spiro atoms. The molecule has 2 aliphatic carbocycles. The molecule has 1 aromatic heterocycles. The maximum absolute atomic E-state index is 12.2. The molecule has 4 N–H and O–H groups in total. The summed E-state index contributed by atoms with van der Waals surface area (Å²) in [5, 5.41) is 7.17. The predicted molar refractivity (Wildman–Crippen MR) is 77.5 cm³/mol. The number of anilines is 2. The number of carbonyl (C=O) groups is 1. The highest BCUT2D eigenvalue weighted by atomic mass is 32.1. The molecule has 1 heterocycles. The molecule has 104 valence electrons. The quantitative estimate of drug-likeness (QED) is 0.791. The van der Waals surface area contributed by atoms with Gasteiger partial charge in [0.1, 0.15) is 10.7 Å². The van der Waals surface area contributed by atoms with E-state index in [0.717, 1.165) is 18.0 Å². The first-order chi connectivity index (χ1) is 9.06. The van der Waals surface area contributed by atoms with Crippen molar-refractivity contribution in [1.82, 2.24) is 10.3 Å². The molecule has 1 amide bonds. The third kappa shape index (κ3) is 2.54. The molecule has 1 aromatic rings. The van der Waals surface area contributed by atoms with Crippen molar-refractivity contribution < 1.29 is 4.79 Å². The van der Waals surface area contributed by atoms with E-state index in [2.05, 4.69) is 22.5 Å². The second-order valence-corrected chi connectivity index (χ2v) is 6.87. The Morgan fingerprint density at radius 2 is 2.16 bits per heavy atom. The summed E-state index contributed by atoms with van der Waals surface area (Å²) in [5.74, 6) is 0.256. The van der Waals surface area contributed by atoms with Crippen LogP contribution in [-0.4, -0.2) is 22.5 Å². The van der Waals surface area contributed by atoms with Crippen LogP contribution in [0.25, 0.3) is 0 Å². The summed E-state index contributed by atoms with van der Waals surface area (Å²) in [6.45, 7) is 2.08. The summed E-state index contributed by atoms with van der Waals surface area (Å²) in [5.41, 5.74) is 5.81. The minimum atomic E-state index is -0.0844. The highest BCUT2D eigenvalue weighted by Gasteiger charge is 2.34. The van der Waals surface area contributed by atoms with E-state index in [0.29, 0.717) is 16.7 Å². The Hall–Kier alpha value is -1.30. The van der Waals surface area contributed by atoms with Crippen LogP contribution in [0.5, 0.6) is 0 Å². The fourth-order valence-corrected chi connectivity index (χ4v) is 3.30. The van der Waals surface area contributed by atoms with E-state index >= 15 is 0 Å². The highest BCUT2D eigenvalue weighted by molar-refractivity contribution is 7.18. The summed E-state index contributed by atoms with van der Waals surface area (Å²) in [7, 11) is 0. The van der Waals surface area contributed by atoms with Gasteiger partial charge in [0.05, 0.1) is 0 Å². The number of nitrogen functional groups attached to an aromatic ring is 1. The Kier molecular flexibility index (Phi) is 3.12. The number of nitrogens with zero attached hydrogens (tertiary/aromatic N) is 1. The van der Waals surface area contributed by atoms with Gasteiger partial charge in [0.25, 0.3) is 5.91 Å². The van der Waals surface area contributed by atoms with Crippen molar-refractivity contribution in [2.75, 3.05) is 11.1 Å². The van der Waals surface area contributed by atoms with Gasteiger partial charge >= 0.3 is 0 Å². The Balaban J connectivity index is 1.67. The number of aromatic nitrogens is 1. The molecular formula is C13H20N4OS. The Bertz CT molecular complexity index is 491. The average molecular weight is 280 g/mol. The van der Waals surface area contributed by atoms with E-state index < -0.39 is 0 Å². The van der Waals surface area contributed by atoms with Crippen molar-refractivity contribution in [2.24, 2.45) is 0 Å². The van der Waals surface area contributed by atoms with Crippen molar-refractivity contribution in [2.45, 2.75) is 57.0 Å². The third-order valence-corrected chi connectivity index (χ3v) is 5.17. The van der Waals surface area contributed by atoms with Crippen LogP contribution in [0.2, 0.25) is 0 Å². The molecule has 0 bridgehead atoms. The smallest absolute Gasteiger partial charge is 0.265 e. The minimum Gasteiger partial charge on any atom is -0.382 e. The Morgan fingerprint density at radius 1 is 1.42 bits per heavy atom. The molecule has 0 atom stereocenters. The first kappa shape index (κ1) is 12.7. The number of hydrogen-bond donors (Lipinski definition) is 3. The molecule has 19 heavy (non-hydrogen) atoms. The molecule has 0 aliphatic heterocycles. The van der Waals surface area contributed by atoms with Crippen molar-refractivity contribution in [3.05, 3.63) is 4.88 Å². The van der Waals surface area contributed by atoms with Crippen molar-refractivity contribution in [3.8, 4) is 0 Å². The Labute approximate surface area is 117 Å². The number of hydrogen-bond acceptors (Lipinski definition) is 5. The second-order valence-electron chi connectivity index (χ2n) is 5.87. The van der Waals surface area contributed by atoms with E-state index in [1.807, 2.05) is 0 Å². The van der Waals surface area contributed by atoms with Crippen LogP contribution < -0.4 is 16.4 Å². The van der Waals surface area contributed by atoms with E-state index in [9.17, 15) is 4.79 Å². The summed E-state index contributed by atoms with van der Waals surface area (Å²) in [6, 6.07) is 0.505. The summed E-state index contributed by atoms with van der Waals surface area (Å²) in [6.07, 6.45) is 6.90. The molecule has 0 unspecified atom stereocenters. The lowest BCUT2D eigenvalue weighted by Crippen LogP contribution is -2.50. The number of amides is 1. The van der Waals surface area contributed by atoms with Crippen LogP contribution >= 0.6 is 11.3 Å². The molecule has 3 rings (SSSR count). The third-order valence-electron chi connectivity index (χ3n) is 4.16. The van der Waals surface area contributed by atoms with E-state index in [4.69, 9.17) is 5.73 Å². The fourth-order valence-electron chi connectivity index (χ4n) is 2.45. The van der Waals surface area contributed by atoms with Gasteiger partial charge in [-0.25, -0.2) is 4.98 Å². The maximum Gasteiger partial charge on any atom is 0.265 e. The van der Waals surface area contributed by atoms with Crippen LogP contribution in [0.1, 0.15) is 55.1 Å². The first-order valence-corrected chi connectivity index (χ1v) is 7.73. The largest absolute Gasteiger partial charge is 0.382 e. The van der Waals surface area contributed by atoms with Gasteiger partial charge in [-0.3, -0.25) is 4.79 Å². The zero-order valence-electron chi connectivity index (χ0n) is 11.2. The first-order valence-electron chi connectivity index (χ1n) is 6.91. The molecule has 5 nitrogen and oxygen atoms in total. The SMILES string of the molecule is CC1(NC(=O)c2sc(NC3CCC3)nc2N)CCC1. The van der Waals surface area contributed by atoms with Crippen molar-refractivity contribution in [3.63, 3.8) is 0 Å². The van der Waals surface area contributed by atoms with Crippen LogP contribution in [0.15, 0.2) is 0 Å². The standard InChI is InChI=1S/C13H20N4OS/c1-13(6-3-7-13)17-11(18)9-10(14)16-12(19-9)15-8-4-2-5-8/h8H,2-7,14H2,1H3,(H,15,16)(H,17,18). The summed E-state index contributed by atoms with van der Waals surface area (Å²) >= 11 is 1.36. The van der Waals surface area contributed by atoms with Crippen LogP contribution in [-0.2, 0) is 0 Å².